The van der Waals surface area contributed by atoms with Gasteiger partial charge < -0.3 is 14.6 Å². The van der Waals surface area contributed by atoms with E-state index in [4.69, 9.17) is 9.47 Å². The summed E-state index contributed by atoms with van der Waals surface area (Å²) in [4.78, 5) is 0. The van der Waals surface area contributed by atoms with Crippen molar-refractivity contribution in [1.82, 2.24) is 0 Å². The van der Waals surface area contributed by atoms with E-state index in [9.17, 15) is 5.11 Å². The van der Waals surface area contributed by atoms with Gasteiger partial charge in [-0.15, -0.1) is 0 Å². The summed E-state index contributed by atoms with van der Waals surface area (Å²) in [7, 11) is 1.54. The predicted octanol–water partition coefficient (Wildman–Crippen LogP) is 3.93. The number of rotatable bonds is 5. The Balaban J connectivity index is 2.22. The number of hydrogen-bond acceptors (Lipinski definition) is 3. The number of phenols is 1. The molecule has 0 aliphatic carbocycles. The first-order valence-electron chi connectivity index (χ1n) is 6.33. The molecule has 0 aromatic heterocycles. The monoisotopic (exact) mass is 258 g/mol. The second-order valence-electron chi connectivity index (χ2n) is 4.26. The molecule has 0 saturated heterocycles. The van der Waals surface area contributed by atoms with Crippen LogP contribution in [0.5, 0.6) is 17.2 Å². The number of phenolic OH excluding ortho intramolecular Hbond substituents is 1. The van der Waals surface area contributed by atoms with E-state index in [1.165, 1.54) is 7.11 Å². The zero-order chi connectivity index (χ0) is 13.7. The van der Waals surface area contributed by atoms with Gasteiger partial charge in [0.15, 0.2) is 11.5 Å². The van der Waals surface area contributed by atoms with Crippen LogP contribution in [0.1, 0.15) is 25.0 Å². The standard InChI is InChI=1S/C16H18O3/c1-3-15(19-13-7-5-4-6-8-13)12-9-10-14(17)16(11-12)18-2/h4-11,15,17H,3H2,1-2H3. The van der Waals surface area contributed by atoms with E-state index in [2.05, 4.69) is 6.92 Å². The minimum Gasteiger partial charge on any atom is -0.504 e. The van der Waals surface area contributed by atoms with Crippen molar-refractivity contribution in [2.24, 2.45) is 0 Å². The van der Waals surface area contributed by atoms with Crippen molar-refractivity contribution in [2.45, 2.75) is 19.4 Å². The number of hydrogen-bond donors (Lipinski definition) is 1. The molecule has 2 rings (SSSR count). The van der Waals surface area contributed by atoms with Gasteiger partial charge in [-0.2, -0.15) is 0 Å². The molecule has 3 nitrogen and oxygen atoms in total. The average Bonchev–Trinajstić information content (AvgIpc) is 2.46. The van der Waals surface area contributed by atoms with Gasteiger partial charge >= 0.3 is 0 Å². The number of methoxy groups -OCH3 is 1. The molecule has 1 N–H and O–H groups in total. The minimum atomic E-state index is -0.0584. The summed E-state index contributed by atoms with van der Waals surface area (Å²) in [5.74, 6) is 1.44. The van der Waals surface area contributed by atoms with Crippen molar-refractivity contribution in [3.8, 4) is 17.2 Å². The lowest BCUT2D eigenvalue weighted by molar-refractivity contribution is 0.200. The average molecular weight is 258 g/mol. The molecule has 0 fully saturated rings. The zero-order valence-electron chi connectivity index (χ0n) is 11.2. The lowest BCUT2D eigenvalue weighted by atomic mass is 10.1. The highest BCUT2D eigenvalue weighted by molar-refractivity contribution is 5.42. The second-order valence-corrected chi connectivity index (χ2v) is 4.26. The van der Waals surface area contributed by atoms with E-state index in [0.29, 0.717) is 5.75 Å². The van der Waals surface area contributed by atoms with Crippen molar-refractivity contribution in [1.29, 1.82) is 0 Å². The normalized spacial score (nSPS) is 11.9. The van der Waals surface area contributed by atoms with Gasteiger partial charge in [-0.3, -0.25) is 0 Å². The van der Waals surface area contributed by atoms with Gasteiger partial charge in [0.05, 0.1) is 7.11 Å². The Labute approximate surface area is 113 Å². The molecule has 2 aromatic rings. The van der Waals surface area contributed by atoms with Crippen LogP contribution < -0.4 is 9.47 Å². The molecule has 0 aliphatic heterocycles. The molecule has 19 heavy (non-hydrogen) atoms. The van der Waals surface area contributed by atoms with Gasteiger partial charge in [0.2, 0.25) is 0 Å². The van der Waals surface area contributed by atoms with Crippen LogP contribution in [0.15, 0.2) is 48.5 Å². The highest BCUT2D eigenvalue weighted by Crippen LogP contribution is 2.32. The number of aromatic hydroxyl groups is 1. The van der Waals surface area contributed by atoms with E-state index in [0.717, 1.165) is 17.7 Å². The van der Waals surface area contributed by atoms with Gasteiger partial charge in [-0.25, -0.2) is 0 Å². The van der Waals surface area contributed by atoms with Gasteiger partial charge in [-0.1, -0.05) is 31.2 Å². The highest BCUT2D eigenvalue weighted by Gasteiger charge is 2.13. The third-order valence-electron chi connectivity index (χ3n) is 2.97. The Morgan fingerprint density at radius 2 is 1.84 bits per heavy atom. The van der Waals surface area contributed by atoms with Gasteiger partial charge in [0.1, 0.15) is 11.9 Å². The Kier molecular flexibility index (Phi) is 4.29. The summed E-state index contributed by atoms with van der Waals surface area (Å²) in [6.45, 7) is 2.06. The second kappa shape index (κ2) is 6.14. The topological polar surface area (TPSA) is 38.7 Å². The molecule has 0 bridgehead atoms. The van der Waals surface area contributed by atoms with Crippen LogP contribution in [0.2, 0.25) is 0 Å². The fraction of sp³-hybridized carbons (Fsp3) is 0.250. The fourth-order valence-corrected chi connectivity index (χ4v) is 1.94. The molecule has 0 radical (unpaired) electrons. The molecule has 0 saturated carbocycles. The van der Waals surface area contributed by atoms with Crippen LogP contribution in [0.25, 0.3) is 0 Å². The smallest absolute Gasteiger partial charge is 0.160 e. The summed E-state index contributed by atoms with van der Waals surface area (Å²) < 4.78 is 11.1. The van der Waals surface area contributed by atoms with Gasteiger partial charge in [0, 0.05) is 0 Å². The van der Waals surface area contributed by atoms with E-state index >= 15 is 0 Å². The van der Waals surface area contributed by atoms with E-state index in [1.54, 1.807) is 6.07 Å². The molecule has 0 aliphatic rings. The summed E-state index contributed by atoms with van der Waals surface area (Å²) in [6, 6.07) is 15.0. The molecule has 3 heteroatoms. The maximum absolute atomic E-state index is 9.61. The van der Waals surface area contributed by atoms with Gasteiger partial charge in [0.25, 0.3) is 0 Å². The molecular weight excluding hydrogens is 240 g/mol. The minimum absolute atomic E-state index is 0.0584. The van der Waals surface area contributed by atoms with Crippen LogP contribution in [0.4, 0.5) is 0 Å². The zero-order valence-corrected chi connectivity index (χ0v) is 11.2. The van der Waals surface area contributed by atoms with E-state index in [-0.39, 0.29) is 11.9 Å². The SMILES string of the molecule is CCC(Oc1ccccc1)c1ccc(O)c(OC)c1. The summed E-state index contributed by atoms with van der Waals surface area (Å²) in [5, 5.41) is 9.61. The number of para-hydroxylation sites is 1. The first-order chi connectivity index (χ1) is 9.24. The molecular formula is C16H18O3. The van der Waals surface area contributed by atoms with Crippen LogP contribution in [0, 0.1) is 0 Å². The molecule has 0 amide bonds. The summed E-state index contributed by atoms with van der Waals surface area (Å²) in [5.41, 5.74) is 0.987. The Morgan fingerprint density at radius 3 is 2.47 bits per heavy atom. The third kappa shape index (κ3) is 3.19. The van der Waals surface area contributed by atoms with Crippen molar-refractivity contribution in [2.75, 3.05) is 7.11 Å². The van der Waals surface area contributed by atoms with Crippen molar-refractivity contribution in [3.63, 3.8) is 0 Å². The molecule has 0 heterocycles. The molecule has 1 atom stereocenters. The van der Waals surface area contributed by atoms with E-state index < -0.39 is 0 Å². The molecule has 0 spiro atoms. The van der Waals surface area contributed by atoms with Crippen molar-refractivity contribution < 1.29 is 14.6 Å². The molecule has 1 unspecified atom stereocenters. The lowest BCUT2D eigenvalue weighted by Gasteiger charge is -2.19. The van der Waals surface area contributed by atoms with Gasteiger partial charge in [-0.05, 0) is 36.2 Å². The quantitative estimate of drug-likeness (QED) is 0.883. The Hall–Kier alpha value is -2.16. The van der Waals surface area contributed by atoms with Crippen molar-refractivity contribution in [3.05, 3.63) is 54.1 Å². The number of ether oxygens (including phenoxy) is 2. The fourth-order valence-electron chi connectivity index (χ4n) is 1.94. The highest BCUT2D eigenvalue weighted by atomic mass is 16.5. The largest absolute Gasteiger partial charge is 0.504 e. The first-order valence-corrected chi connectivity index (χ1v) is 6.33. The lowest BCUT2D eigenvalue weighted by Crippen LogP contribution is -2.06. The third-order valence-corrected chi connectivity index (χ3v) is 2.97. The van der Waals surface area contributed by atoms with Crippen molar-refractivity contribution >= 4 is 0 Å². The Morgan fingerprint density at radius 1 is 1.11 bits per heavy atom. The Bertz CT molecular complexity index is 523. The van der Waals surface area contributed by atoms with E-state index in [1.807, 2.05) is 42.5 Å². The summed E-state index contributed by atoms with van der Waals surface area (Å²) in [6.07, 6.45) is 0.778. The maximum atomic E-state index is 9.61. The van der Waals surface area contributed by atoms with Crippen LogP contribution in [0.3, 0.4) is 0 Å². The van der Waals surface area contributed by atoms with Crippen LogP contribution >= 0.6 is 0 Å². The molecule has 100 valence electrons. The number of benzene rings is 2. The summed E-state index contributed by atoms with van der Waals surface area (Å²) >= 11 is 0. The molecule has 2 aromatic carbocycles. The maximum Gasteiger partial charge on any atom is 0.160 e. The van der Waals surface area contributed by atoms with Crippen LogP contribution in [-0.2, 0) is 0 Å². The first kappa shape index (κ1) is 13.3. The predicted molar refractivity (Wildman–Crippen MR) is 74.8 cm³/mol. The van der Waals surface area contributed by atoms with Crippen LogP contribution in [-0.4, -0.2) is 12.2 Å².